The lowest BCUT2D eigenvalue weighted by Gasteiger charge is -2.10. The summed E-state index contributed by atoms with van der Waals surface area (Å²) in [6, 6.07) is 2.13. The lowest BCUT2D eigenvalue weighted by molar-refractivity contribution is 0.0949. The summed E-state index contributed by atoms with van der Waals surface area (Å²) in [4.78, 5) is 16.1. The second-order valence-corrected chi connectivity index (χ2v) is 6.30. The molecule has 2 aliphatic carbocycles. The highest BCUT2D eigenvalue weighted by Crippen LogP contribution is 2.44. The van der Waals surface area contributed by atoms with Gasteiger partial charge in [-0.15, -0.1) is 10.2 Å². The van der Waals surface area contributed by atoms with Gasteiger partial charge in [0.05, 0.1) is 17.1 Å². The van der Waals surface area contributed by atoms with Gasteiger partial charge in [-0.2, -0.15) is 0 Å². The Hall–Kier alpha value is -1.95. The van der Waals surface area contributed by atoms with Crippen molar-refractivity contribution >= 4 is 17.5 Å². The van der Waals surface area contributed by atoms with Crippen LogP contribution in [0, 0.1) is 0 Å². The molecule has 1 amide bonds. The van der Waals surface area contributed by atoms with Crippen LogP contribution in [0.25, 0.3) is 0 Å². The molecule has 0 bridgehead atoms. The molecule has 0 atom stereocenters. The van der Waals surface area contributed by atoms with Crippen LogP contribution in [0.4, 0.5) is 0 Å². The van der Waals surface area contributed by atoms with Crippen molar-refractivity contribution in [3.8, 4) is 0 Å². The van der Waals surface area contributed by atoms with Gasteiger partial charge in [-0.1, -0.05) is 11.6 Å². The van der Waals surface area contributed by atoms with Gasteiger partial charge < -0.3 is 9.88 Å². The molecule has 1 N–H and O–H groups in total. The lowest BCUT2D eigenvalue weighted by atomic mass is 10.2. The number of carbonyl (C=O) groups is 1. The van der Waals surface area contributed by atoms with Gasteiger partial charge in [0.2, 0.25) is 0 Å². The number of nitrogens with one attached hydrogen (secondary N) is 1. The number of aromatic nitrogens is 4. The highest BCUT2D eigenvalue weighted by Gasteiger charge is 2.36. The van der Waals surface area contributed by atoms with Crippen LogP contribution in [0.2, 0.25) is 5.02 Å². The summed E-state index contributed by atoms with van der Waals surface area (Å²) in [7, 11) is 0. The number of rotatable bonds is 5. The molecule has 2 saturated carbocycles. The fourth-order valence-corrected chi connectivity index (χ4v) is 2.83. The standard InChI is InChI=1S/C15H16ClN5O/c16-12-7-17-6-5-11(12)15(22)18-8-13-19-20-14(9-1-2-9)21(13)10-3-4-10/h5-7,9-10H,1-4,8H2,(H,18,22). The first-order chi connectivity index (χ1) is 10.7. The van der Waals surface area contributed by atoms with E-state index in [0.717, 1.165) is 11.6 Å². The summed E-state index contributed by atoms with van der Waals surface area (Å²) >= 11 is 5.99. The molecule has 2 fully saturated rings. The highest BCUT2D eigenvalue weighted by atomic mass is 35.5. The fourth-order valence-electron chi connectivity index (χ4n) is 2.62. The van der Waals surface area contributed by atoms with E-state index < -0.39 is 0 Å². The smallest absolute Gasteiger partial charge is 0.253 e. The molecule has 0 radical (unpaired) electrons. The van der Waals surface area contributed by atoms with E-state index in [2.05, 4.69) is 25.1 Å². The zero-order valence-electron chi connectivity index (χ0n) is 12.0. The van der Waals surface area contributed by atoms with E-state index in [-0.39, 0.29) is 5.91 Å². The fraction of sp³-hybridized carbons (Fsp3) is 0.467. The van der Waals surface area contributed by atoms with Crippen molar-refractivity contribution in [3.63, 3.8) is 0 Å². The van der Waals surface area contributed by atoms with Crippen molar-refractivity contribution < 1.29 is 4.79 Å². The van der Waals surface area contributed by atoms with Crippen LogP contribution >= 0.6 is 11.6 Å². The Balaban J connectivity index is 1.50. The van der Waals surface area contributed by atoms with Crippen LogP contribution in [-0.2, 0) is 6.54 Å². The zero-order valence-corrected chi connectivity index (χ0v) is 12.8. The summed E-state index contributed by atoms with van der Waals surface area (Å²) in [6.07, 6.45) is 7.77. The van der Waals surface area contributed by atoms with Crippen LogP contribution < -0.4 is 5.32 Å². The Labute approximate surface area is 132 Å². The maximum Gasteiger partial charge on any atom is 0.253 e. The van der Waals surface area contributed by atoms with E-state index >= 15 is 0 Å². The minimum absolute atomic E-state index is 0.217. The van der Waals surface area contributed by atoms with Crippen LogP contribution in [0.5, 0.6) is 0 Å². The number of hydrogen-bond donors (Lipinski definition) is 1. The number of pyridine rings is 1. The maximum atomic E-state index is 12.2. The first kappa shape index (κ1) is 13.7. The number of nitrogens with zero attached hydrogens (tertiary/aromatic N) is 4. The Morgan fingerprint density at radius 3 is 2.82 bits per heavy atom. The first-order valence-corrected chi connectivity index (χ1v) is 7.93. The first-order valence-electron chi connectivity index (χ1n) is 7.55. The predicted octanol–water partition coefficient (Wildman–Crippen LogP) is 2.47. The Morgan fingerprint density at radius 1 is 1.32 bits per heavy atom. The second-order valence-electron chi connectivity index (χ2n) is 5.89. The van der Waals surface area contributed by atoms with Crippen molar-refractivity contribution in [3.05, 3.63) is 40.7 Å². The molecular formula is C15H16ClN5O. The minimum Gasteiger partial charge on any atom is -0.345 e. The molecule has 7 heteroatoms. The quantitative estimate of drug-likeness (QED) is 0.919. The van der Waals surface area contributed by atoms with Crippen LogP contribution in [0.3, 0.4) is 0 Å². The summed E-state index contributed by atoms with van der Waals surface area (Å²) in [5, 5.41) is 11.8. The van der Waals surface area contributed by atoms with Gasteiger partial charge in [0.1, 0.15) is 5.82 Å². The van der Waals surface area contributed by atoms with Gasteiger partial charge in [-0.05, 0) is 31.7 Å². The molecule has 114 valence electrons. The Bertz CT molecular complexity index is 720. The van der Waals surface area contributed by atoms with E-state index in [9.17, 15) is 4.79 Å². The number of amides is 1. The van der Waals surface area contributed by atoms with E-state index in [4.69, 9.17) is 11.6 Å². The average Bonchev–Trinajstić information content (AvgIpc) is 3.44. The normalized spacial score (nSPS) is 17.5. The van der Waals surface area contributed by atoms with Crippen LogP contribution in [-0.4, -0.2) is 25.7 Å². The molecule has 0 aromatic carbocycles. The van der Waals surface area contributed by atoms with Crippen molar-refractivity contribution in [2.75, 3.05) is 0 Å². The van der Waals surface area contributed by atoms with Gasteiger partial charge in [0.15, 0.2) is 5.82 Å². The number of hydrogen-bond acceptors (Lipinski definition) is 4. The summed E-state index contributed by atoms with van der Waals surface area (Å²) in [5.41, 5.74) is 0.427. The Kier molecular flexibility index (Phi) is 3.33. The Morgan fingerprint density at radius 2 is 2.14 bits per heavy atom. The third-order valence-electron chi connectivity index (χ3n) is 4.07. The molecule has 22 heavy (non-hydrogen) atoms. The second kappa shape index (κ2) is 5.35. The van der Waals surface area contributed by atoms with Gasteiger partial charge in [0, 0.05) is 24.4 Å². The highest BCUT2D eigenvalue weighted by molar-refractivity contribution is 6.33. The monoisotopic (exact) mass is 317 g/mol. The molecule has 4 rings (SSSR count). The molecule has 0 saturated heterocycles. The largest absolute Gasteiger partial charge is 0.345 e. The third-order valence-corrected chi connectivity index (χ3v) is 4.37. The van der Waals surface area contributed by atoms with Gasteiger partial charge in [0.25, 0.3) is 5.91 Å². The molecule has 0 unspecified atom stereocenters. The molecule has 0 aliphatic heterocycles. The van der Waals surface area contributed by atoms with E-state index in [1.807, 2.05) is 0 Å². The molecule has 2 aromatic heterocycles. The van der Waals surface area contributed by atoms with E-state index in [1.165, 1.54) is 31.9 Å². The lowest BCUT2D eigenvalue weighted by Crippen LogP contribution is -2.25. The minimum atomic E-state index is -0.217. The SMILES string of the molecule is O=C(NCc1nnc(C2CC2)n1C1CC1)c1ccncc1Cl. The van der Waals surface area contributed by atoms with Crippen molar-refractivity contribution in [2.24, 2.45) is 0 Å². The van der Waals surface area contributed by atoms with Gasteiger partial charge >= 0.3 is 0 Å². The van der Waals surface area contributed by atoms with Crippen LogP contribution in [0.1, 0.15) is 59.6 Å². The van der Waals surface area contributed by atoms with E-state index in [1.54, 1.807) is 12.3 Å². The topological polar surface area (TPSA) is 72.7 Å². The van der Waals surface area contributed by atoms with Crippen LogP contribution in [0.15, 0.2) is 18.5 Å². The summed E-state index contributed by atoms with van der Waals surface area (Å²) in [5.74, 6) is 2.27. The van der Waals surface area contributed by atoms with Gasteiger partial charge in [-0.3, -0.25) is 9.78 Å². The molecule has 2 heterocycles. The summed E-state index contributed by atoms with van der Waals surface area (Å²) < 4.78 is 2.23. The molecule has 2 aromatic rings. The summed E-state index contributed by atoms with van der Waals surface area (Å²) in [6.45, 7) is 0.369. The molecular weight excluding hydrogens is 302 g/mol. The maximum absolute atomic E-state index is 12.2. The molecule has 6 nitrogen and oxygen atoms in total. The average molecular weight is 318 g/mol. The van der Waals surface area contributed by atoms with E-state index in [0.29, 0.717) is 29.1 Å². The zero-order chi connectivity index (χ0) is 15.1. The molecule has 0 spiro atoms. The van der Waals surface area contributed by atoms with Crippen molar-refractivity contribution in [1.29, 1.82) is 0 Å². The molecule has 2 aliphatic rings. The number of carbonyl (C=O) groups excluding carboxylic acids is 1. The van der Waals surface area contributed by atoms with Gasteiger partial charge in [-0.25, -0.2) is 0 Å². The van der Waals surface area contributed by atoms with Crippen molar-refractivity contribution in [1.82, 2.24) is 25.1 Å². The van der Waals surface area contributed by atoms with Crippen molar-refractivity contribution in [2.45, 2.75) is 44.2 Å². The number of halogens is 1. The predicted molar refractivity (Wildman–Crippen MR) is 80.7 cm³/mol. The third kappa shape index (κ3) is 2.59.